The van der Waals surface area contributed by atoms with E-state index in [1.165, 1.54) is 12.1 Å². The smallest absolute Gasteiger partial charge is 0.254 e. The highest BCUT2D eigenvalue weighted by Crippen LogP contribution is 2.21. The Morgan fingerprint density at radius 2 is 2.31 bits per heavy atom. The minimum Gasteiger partial charge on any atom is -0.337 e. The summed E-state index contributed by atoms with van der Waals surface area (Å²) in [5, 5.41) is 0. The summed E-state index contributed by atoms with van der Waals surface area (Å²) >= 11 is 5.49. The quantitative estimate of drug-likeness (QED) is 0.527. The number of benzene rings is 1. The van der Waals surface area contributed by atoms with Gasteiger partial charge in [-0.15, -0.1) is 0 Å². The second-order valence-electron chi connectivity index (χ2n) is 3.76. The van der Waals surface area contributed by atoms with Crippen molar-refractivity contribution in [1.82, 2.24) is 4.90 Å². The molecule has 86 valence electrons. The molecule has 0 aliphatic carbocycles. The highest BCUT2D eigenvalue weighted by atomic mass is 127. The molecule has 0 radical (unpaired) electrons. The number of hydrogen-bond donors (Lipinski definition) is 0. The Morgan fingerprint density at radius 1 is 1.56 bits per heavy atom. The molecule has 0 saturated carbocycles. The van der Waals surface area contributed by atoms with E-state index in [1.807, 2.05) is 22.6 Å². The van der Waals surface area contributed by atoms with E-state index in [-0.39, 0.29) is 11.7 Å². The number of rotatable bonds is 1. The summed E-state index contributed by atoms with van der Waals surface area (Å²) in [4.78, 5) is 14.3. The van der Waals surface area contributed by atoms with Gasteiger partial charge in [0.15, 0.2) is 0 Å². The Morgan fingerprint density at radius 3 is 2.88 bits per heavy atom. The minimum atomic E-state index is -0.305. The fourth-order valence-electron chi connectivity index (χ4n) is 1.74. The molecule has 0 aromatic heterocycles. The van der Waals surface area contributed by atoms with Gasteiger partial charge in [-0.25, -0.2) is 4.39 Å². The number of carbonyl (C=O) groups excluding carboxylic acids is 1. The van der Waals surface area contributed by atoms with Gasteiger partial charge in [-0.2, -0.15) is 0 Å². The third-order valence-electron chi connectivity index (χ3n) is 2.58. The summed E-state index contributed by atoms with van der Waals surface area (Å²) in [7, 11) is 0. The Balaban J connectivity index is 2.21. The van der Waals surface area contributed by atoms with E-state index in [0.29, 0.717) is 14.0 Å². The van der Waals surface area contributed by atoms with Crippen molar-refractivity contribution in [2.24, 2.45) is 0 Å². The number of amides is 1. The average Bonchev–Trinajstić information content (AvgIpc) is 2.64. The van der Waals surface area contributed by atoms with Crippen LogP contribution in [0.5, 0.6) is 0 Å². The molecule has 1 fully saturated rings. The zero-order chi connectivity index (χ0) is 11.7. The fourth-order valence-corrected chi connectivity index (χ4v) is 3.00. The van der Waals surface area contributed by atoms with Crippen LogP contribution in [0.15, 0.2) is 18.2 Å². The maximum absolute atomic E-state index is 12.9. The van der Waals surface area contributed by atoms with E-state index in [2.05, 4.69) is 15.9 Å². The van der Waals surface area contributed by atoms with Crippen LogP contribution in [0.3, 0.4) is 0 Å². The minimum absolute atomic E-state index is 0.00801. The van der Waals surface area contributed by atoms with Crippen LogP contribution in [0.1, 0.15) is 16.8 Å². The van der Waals surface area contributed by atoms with Crippen molar-refractivity contribution in [3.05, 3.63) is 33.1 Å². The Kier molecular flexibility index (Phi) is 3.84. The molecule has 1 aliphatic rings. The van der Waals surface area contributed by atoms with E-state index < -0.39 is 0 Å². The number of alkyl halides is 1. The molecule has 0 N–H and O–H groups in total. The average molecular weight is 398 g/mol. The predicted octanol–water partition coefficient (Wildman–Crippen LogP) is 3.04. The molecule has 1 aromatic carbocycles. The predicted molar refractivity (Wildman–Crippen MR) is 72.4 cm³/mol. The first-order valence-corrected chi connectivity index (χ1v) is 6.96. The number of nitrogens with zero attached hydrogens (tertiary/aromatic N) is 1. The van der Waals surface area contributed by atoms with Gasteiger partial charge in [0.25, 0.3) is 5.91 Å². The van der Waals surface area contributed by atoms with Crippen LogP contribution in [0.2, 0.25) is 0 Å². The van der Waals surface area contributed by atoms with Gasteiger partial charge in [-0.3, -0.25) is 4.79 Å². The van der Waals surface area contributed by atoms with E-state index >= 15 is 0 Å². The SMILES string of the molecule is O=C(c1ccc(F)cc1I)N1CCC(Br)C1. The molecule has 2 nitrogen and oxygen atoms in total. The lowest BCUT2D eigenvalue weighted by Gasteiger charge is -2.16. The van der Waals surface area contributed by atoms with Gasteiger partial charge in [0.2, 0.25) is 0 Å². The lowest BCUT2D eigenvalue weighted by molar-refractivity contribution is 0.0792. The van der Waals surface area contributed by atoms with E-state index in [4.69, 9.17) is 0 Å². The standard InChI is InChI=1S/C11H10BrFINO/c12-7-3-4-15(6-7)11(16)9-2-1-8(13)5-10(9)14/h1-2,5,7H,3-4,6H2. The maximum Gasteiger partial charge on any atom is 0.254 e. The summed E-state index contributed by atoms with van der Waals surface area (Å²) in [5.74, 6) is -0.313. The van der Waals surface area contributed by atoms with Crippen LogP contribution in [0.25, 0.3) is 0 Å². The summed E-state index contributed by atoms with van der Waals surface area (Å²) in [6.45, 7) is 1.49. The van der Waals surface area contributed by atoms with Crippen molar-refractivity contribution in [2.75, 3.05) is 13.1 Å². The zero-order valence-electron chi connectivity index (χ0n) is 8.42. The molecule has 0 spiro atoms. The van der Waals surface area contributed by atoms with Crippen molar-refractivity contribution in [3.63, 3.8) is 0 Å². The topological polar surface area (TPSA) is 20.3 Å². The molecular weight excluding hydrogens is 388 g/mol. The lowest BCUT2D eigenvalue weighted by atomic mass is 10.2. The molecule has 1 heterocycles. The number of likely N-dealkylation sites (tertiary alicyclic amines) is 1. The summed E-state index contributed by atoms with van der Waals surface area (Å²) in [6.07, 6.45) is 0.976. The molecule has 0 bridgehead atoms. The van der Waals surface area contributed by atoms with Gasteiger partial charge >= 0.3 is 0 Å². The van der Waals surface area contributed by atoms with Gasteiger partial charge in [0.1, 0.15) is 5.82 Å². The van der Waals surface area contributed by atoms with Gasteiger partial charge in [-0.1, -0.05) is 15.9 Å². The van der Waals surface area contributed by atoms with Crippen LogP contribution >= 0.6 is 38.5 Å². The van der Waals surface area contributed by atoms with Gasteiger partial charge in [0, 0.05) is 21.5 Å². The van der Waals surface area contributed by atoms with Crippen LogP contribution in [-0.2, 0) is 0 Å². The third-order valence-corrected chi connectivity index (χ3v) is 4.22. The molecule has 1 atom stereocenters. The van der Waals surface area contributed by atoms with Crippen molar-refractivity contribution in [2.45, 2.75) is 11.2 Å². The summed E-state index contributed by atoms with van der Waals surface area (Å²) < 4.78 is 13.6. The molecular formula is C11H10BrFINO. The Bertz CT molecular complexity index is 426. The van der Waals surface area contributed by atoms with Crippen LogP contribution in [-0.4, -0.2) is 28.7 Å². The van der Waals surface area contributed by atoms with Gasteiger partial charge in [-0.05, 0) is 47.2 Å². The first kappa shape index (κ1) is 12.3. The molecule has 2 rings (SSSR count). The normalized spacial score (nSPS) is 20.2. The Hall–Kier alpha value is -0.170. The van der Waals surface area contributed by atoms with Crippen molar-refractivity contribution in [3.8, 4) is 0 Å². The molecule has 16 heavy (non-hydrogen) atoms. The maximum atomic E-state index is 12.9. The first-order valence-electron chi connectivity index (χ1n) is 4.96. The third kappa shape index (κ3) is 2.56. The monoisotopic (exact) mass is 397 g/mol. The summed E-state index contributed by atoms with van der Waals surface area (Å²) in [6, 6.07) is 4.27. The molecule has 1 saturated heterocycles. The highest BCUT2D eigenvalue weighted by Gasteiger charge is 2.26. The molecule has 1 aromatic rings. The lowest BCUT2D eigenvalue weighted by Crippen LogP contribution is -2.29. The first-order chi connectivity index (χ1) is 7.58. The van der Waals surface area contributed by atoms with Crippen LogP contribution < -0.4 is 0 Å². The highest BCUT2D eigenvalue weighted by molar-refractivity contribution is 14.1. The number of hydrogen-bond acceptors (Lipinski definition) is 1. The Labute approximate surface area is 115 Å². The largest absolute Gasteiger partial charge is 0.337 e. The van der Waals surface area contributed by atoms with Gasteiger partial charge in [0.05, 0.1) is 5.56 Å². The van der Waals surface area contributed by atoms with Crippen molar-refractivity contribution < 1.29 is 9.18 Å². The van der Waals surface area contributed by atoms with E-state index in [9.17, 15) is 9.18 Å². The molecule has 5 heteroatoms. The summed E-state index contributed by atoms with van der Waals surface area (Å²) in [5.41, 5.74) is 0.587. The molecule has 1 unspecified atom stereocenters. The second-order valence-corrected chi connectivity index (χ2v) is 6.22. The second kappa shape index (κ2) is 5.00. The van der Waals surface area contributed by atoms with Crippen molar-refractivity contribution in [1.29, 1.82) is 0 Å². The molecule has 1 aliphatic heterocycles. The van der Waals surface area contributed by atoms with Crippen LogP contribution in [0.4, 0.5) is 4.39 Å². The van der Waals surface area contributed by atoms with Crippen molar-refractivity contribution >= 4 is 44.4 Å². The van der Waals surface area contributed by atoms with E-state index in [0.717, 1.165) is 19.5 Å². The van der Waals surface area contributed by atoms with Crippen LogP contribution in [0, 0.1) is 9.39 Å². The zero-order valence-corrected chi connectivity index (χ0v) is 12.2. The number of carbonyl (C=O) groups is 1. The van der Waals surface area contributed by atoms with E-state index in [1.54, 1.807) is 11.0 Å². The fraction of sp³-hybridized carbons (Fsp3) is 0.364. The molecule has 1 amide bonds. The number of halogens is 3. The van der Waals surface area contributed by atoms with Gasteiger partial charge < -0.3 is 4.90 Å².